The lowest BCUT2D eigenvalue weighted by molar-refractivity contribution is -0.932. The van der Waals surface area contributed by atoms with E-state index in [0.29, 0.717) is 23.3 Å². The molecule has 2 fully saturated rings. The number of quaternary nitrogens is 1. The van der Waals surface area contributed by atoms with Gasteiger partial charge in [-0.2, -0.15) is 0 Å². The van der Waals surface area contributed by atoms with E-state index in [1.165, 1.54) is 18.4 Å². The third kappa shape index (κ3) is 3.96. The van der Waals surface area contributed by atoms with Crippen LogP contribution < -0.4 is 4.90 Å². The van der Waals surface area contributed by atoms with Crippen molar-refractivity contribution in [1.82, 2.24) is 0 Å². The Balaban J connectivity index is 1.53. The summed E-state index contributed by atoms with van der Waals surface area (Å²) in [5, 5.41) is 10.0. The second-order valence-electron chi connectivity index (χ2n) is 11.2. The summed E-state index contributed by atoms with van der Waals surface area (Å²) in [5.74, 6) is 0.546. The molecule has 0 amide bonds. The van der Waals surface area contributed by atoms with E-state index >= 15 is 0 Å². The Bertz CT molecular complexity index is 1160. The summed E-state index contributed by atoms with van der Waals surface area (Å²) >= 11 is 0. The zero-order valence-corrected chi connectivity index (χ0v) is 21.9. The molecule has 0 radical (unpaired) electrons. The zero-order valence-electron chi connectivity index (χ0n) is 21.9. The third-order valence-electron chi connectivity index (χ3n) is 9.28. The Morgan fingerprint density at radius 3 is 2.75 bits per heavy atom. The number of piperidine rings is 1. The molecule has 2 aromatic rings. The van der Waals surface area contributed by atoms with Gasteiger partial charge in [0.2, 0.25) is 0 Å². The van der Waals surface area contributed by atoms with Crippen LogP contribution in [0.15, 0.2) is 60.4 Å². The minimum absolute atomic E-state index is 0.0213. The number of para-hydroxylation sites is 1. The molecule has 2 aromatic carbocycles. The Morgan fingerprint density at radius 2 is 2.03 bits per heavy atom. The van der Waals surface area contributed by atoms with Crippen molar-refractivity contribution in [1.29, 1.82) is 0 Å². The number of aromatic hydroxyl groups is 1. The molecule has 5 rings (SSSR count). The highest BCUT2D eigenvalue weighted by atomic mass is 16.5. The smallest absolute Gasteiger partial charge is 0.337 e. The molecule has 0 aromatic heterocycles. The van der Waals surface area contributed by atoms with E-state index < -0.39 is 0 Å². The van der Waals surface area contributed by atoms with E-state index in [-0.39, 0.29) is 17.3 Å². The standard InChI is InChI=1S/C30H38N2O4/c1-5-22-18-32(2)14-13-30(28(32)16-24(22)25(19-35-3)29(34)36-4)20-31(27-12-7-6-11-26(27)30)17-21-9-8-10-23(33)15-21/h6-12,15,19,22,24,28H,5,13-14,16-18,20H2,1-4H3/p+1. The number of esters is 1. The van der Waals surface area contributed by atoms with Crippen LogP contribution in [-0.2, 0) is 26.2 Å². The number of nitrogens with zero attached hydrogens (tertiary/aromatic N) is 2. The molecule has 0 aliphatic carbocycles. The van der Waals surface area contributed by atoms with Gasteiger partial charge in [0.05, 0.1) is 51.6 Å². The second kappa shape index (κ2) is 9.47. The number of phenols is 1. The molecule has 6 heteroatoms. The first-order valence-electron chi connectivity index (χ1n) is 13.1. The molecule has 192 valence electrons. The molecule has 3 aliphatic heterocycles. The van der Waals surface area contributed by atoms with Gasteiger partial charge in [-0.25, -0.2) is 4.79 Å². The molecule has 0 saturated carbocycles. The molecule has 3 heterocycles. The van der Waals surface area contributed by atoms with Gasteiger partial charge in [0.15, 0.2) is 0 Å². The highest BCUT2D eigenvalue weighted by Crippen LogP contribution is 2.56. The molecule has 5 atom stereocenters. The minimum atomic E-state index is -0.277. The summed E-state index contributed by atoms with van der Waals surface area (Å²) in [5.41, 5.74) is 4.53. The molecule has 5 unspecified atom stereocenters. The molecule has 6 nitrogen and oxygen atoms in total. The molecule has 2 saturated heterocycles. The molecular formula is C30H39N2O4+. The second-order valence-corrected chi connectivity index (χ2v) is 11.2. The lowest BCUT2D eigenvalue weighted by Crippen LogP contribution is -2.61. The Kier molecular flexibility index (Phi) is 6.50. The SMILES string of the molecule is CCC1C[N+]2(C)CCC3(CN(Cc4cccc(O)c4)c4ccccc43)C2CC1C(=COC)C(=O)OC. The number of ether oxygens (including phenoxy) is 2. The number of hydrogen-bond acceptors (Lipinski definition) is 5. The highest BCUT2D eigenvalue weighted by molar-refractivity contribution is 5.88. The normalized spacial score (nSPS) is 31.3. The number of likely N-dealkylation sites (N-methyl/N-ethyl adjacent to an activating group) is 1. The van der Waals surface area contributed by atoms with Crippen LogP contribution in [0.3, 0.4) is 0 Å². The first-order valence-corrected chi connectivity index (χ1v) is 13.1. The maximum atomic E-state index is 12.8. The summed E-state index contributed by atoms with van der Waals surface area (Å²) < 4.78 is 11.6. The topological polar surface area (TPSA) is 59.0 Å². The number of rotatable bonds is 6. The van der Waals surface area contributed by atoms with Gasteiger partial charge in [-0.05, 0) is 35.7 Å². The summed E-state index contributed by atoms with van der Waals surface area (Å²) in [4.78, 5) is 15.3. The fraction of sp³-hybridized carbons (Fsp3) is 0.500. The van der Waals surface area contributed by atoms with E-state index in [9.17, 15) is 9.90 Å². The Labute approximate surface area is 214 Å². The molecule has 1 spiro atoms. The van der Waals surface area contributed by atoms with E-state index in [2.05, 4.69) is 49.2 Å². The van der Waals surface area contributed by atoms with Gasteiger partial charge in [0.25, 0.3) is 0 Å². The summed E-state index contributed by atoms with van der Waals surface area (Å²) in [7, 11) is 5.49. The monoisotopic (exact) mass is 491 g/mol. The Morgan fingerprint density at radius 1 is 1.22 bits per heavy atom. The molecular weight excluding hydrogens is 452 g/mol. The van der Waals surface area contributed by atoms with Crippen LogP contribution in [0.25, 0.3) is 0 Å². The number of benzene rings is 2. The molecule has 0 bridgehead atoms. The van der Waals surface area contributed by atoms with Crippen LogP contribution in [0, 0.1) is 11.8 Å². The molecule has 36 heavy (non-hydrogen) atoms. The largest absolute Gasteiger partial charge is 0.508 e. The zero-order chi connectivity index (χ0) is 25.5. The number of carbonyl (C=O) groups is 1. The van der Waals surface area contributed by atoms with Gasteiger partial charge in [0, 0.05) is 43.5 Å². The maximum absolute atomic E-state index is 12.8. The first kappa shape index (κ1) is 24.7. The lowest BCUT2D eigenvalue weighted by Gasteiger charge is -2.50. The predicted molar refractivity (Wildman–Crippen MR) is 141 cm³/mol. The van der Waals surface area contributed by atoms with Gasteiger partial charge in [-0.15, -0.1) is 0 Å². The Hall–Kier alpha value is -2.99. The summed E-state index contributed by atoms with van der Waals surface area (Å²) in [6.45, 7) is 6.15. The number of hydrogen-bond donors (Lipinski definition) is 1. The number of fused-ring (bicyclic) bond motifs is 4. The van der Waals surface area contributed by atoms with E-state index in [1.807, 2.05) is 12.1 Å². The van der Waals surface area contributed by atoms with Crippen molar-refractivity contribution in [3.05, 3.63) is 71.5 Å². The average Bonchev–Trinajstić information content (AvgIpc) is 3.35. The number of methoxy groups -OCH3 is 2. The van der Waals surface area contributed by atoms with Crippen LogP contribution in [0.2, 0.25) is 0 Å². The van der Waals surface area contributed by atoms with Crippen LogP contribution in [-0.4, -0.2) is 62.5 Å². The van der Waals surface area contributed by atoms with Crippen LogP contribution in [0.1, 0.15) is 37.3 Å². The third-order valence-corrected chi connectivity index (χ3v) is 9.28. The lowest BCUT2D eigenvalue weighted by atomic mass is 9.67. The minimum Gasteiger partial charge on any atom is -0.508 e. The van der Waals surface area contributed by atoms with Gasteiger partial charge in [-0.3, -0.25) is 0 Å². The number of phenolic OH excluding ortho intramolecular Hbond substituents is 1. The van der Waals surface area contributed by atoms with Crippen molar-refractivity contribution in [2.24, 2.45) is 11.8 Å². The molecule has 3 aliphatic rings. The van der Waals surface area contributed by atoms with Gasteiger partial charge in [-0.1, -0.05) is 37.3 Å². The van der Waals surface area contributed by atoms with Crippen molar-refractivity contribution in [3.8, 4) is 5.75 Å². The fourth-order valence-electron chi connectivity index (χ4n) is 7.69. The van der Waals surface area contributed by atoms with Crippen LogP contribution in [0.5, 0.6) is 5.75 Å². The van der Waals surface area contributed by atoms with Crippen molar-refractivity contribution < 1.29 is 23.9 Å². The molecule has 1 N–H and O–H groups in total. The fourth-order valence-corrected chi connectivity index (χ4v) is 7.69. The number of anilines is 1. The quantitative estimate of drug-likeness (QED) is 0.277. The highest BCUT2D eigenvalue weighted by Gasteiger charge is 2.63. The van der Waals surface area contributed by atoms with Crippen LogP contribution in [0.4, 0.5) is 5.69 Å². The number of carbonyl (C=O) groups excluding carboxylic acids is 1. The van der Waals surface area contributed by atoms with E-state index in [1.54, 1.807) is 19.4 Å². The van der Waals surface area contributed by atoms with Crippen molar-refractivity contribution in [2.75, 3.05) is 45.8 Å². The van der Waals surface area contributed by atoms with E-state index in [0.717, 1.165) is 55.5 Å². The summed E-state index contributed by atoms with van der Waals surface area (Å²) in [6.07, 6.45) is 4.71. The average molecular weight is 492 g/mol. The van der Waals surface area contributed by atoms with Gasteiger partial charge < -0.3 is 24.0 Å². The van der Waals surface area contributed by atoms with Crippen molar-refractivity contribution in [3.63, 3.8) is 0 Å². The van der Waals surface area contributed by atoms with Crippen molar-refractivity contribution >= 4 is 11.7 Å². The predicted octanol–water partition coefficient (Wildman–Crippen LogP) is 4.62. The summed E-state index contributed by atoms with van der Waals surface area (Å²) in [6, 6.07) is 16.8. The maximum Gasteiger partial charge on any atom is 0.337 e. The van der Waals surface area contributed by atoms with Gasteiger partial charge in [0.1, 0.15) is 11.8 Å². The van der Waals surface area contributed by atoms with Crippen LogP contribution >= 0.6 is 0 Å². The van der Waals surface area contributed by atoms with Crippen molar-refractivity contribution in [2.45, 2.75) is 44.2 Å². The first-order chi connectivity index (χ1) is 17.3. The van der Waals surface area contributed by atoms with E-state index in [4.69, 9.17) is 9.47 Å². The van der Waals surface area contributed by atoms with Gasteiger partial charge >= 0.3 is 5.97 Å².